The van der Waals surface area contributed by atoms with Crippen molar-refractivity contribution in [3.8, 4) is 0 Å². The van der Waals surface area contributed by atoms with Crippen molar-refractivity contribution in [2.75, 3.05) is 24.6 Å². The van der Waals surface area contributed by atoms with Crippen molar-refractivity contribution in [1.82, 2.24) is 9.97 Å². The maximum Gasteiger partial charge on any atom is 0.350 e. The highest BCUT2D eigenvalue weighted by Gasteiger charge is 2.33. The van der Waals surface area contributed by atoms with E-state index < -0.39 is 18.1 Å². The minimum atomic E-state index is -1.20. The predicted molar refractivity (Wildman–Crippen MR) is 108 cm³/mol. The van der Waals surface area contributed by atoms with Crippen molar-refractivity contribution < 1.29 is 18.7 Å². The molecule has 0 saturated carbocycles. The molecular weight excluding hydrogens is 428 g/mol. The Morgan fingerprint density at radius 1 is 1.46 bits per heavy atom. The fourth-order valence-electron chi connectivity index (χ4n) is 3.14. The Kier molecular flexibility index (Phi) is 6.62. The molecule has 1 aliphatic rings. The number of nitrogens with zero attached hydrogens (tertiary/aromatic N) is 2. The number of nitrogens with one attached hydrogen (secondary N) is 1. The van der Waals surface area contributed by atoms with E-state index in [1.54, 1.807) is 18.7 Å². The third kappa shape index (κ3) is 4.34. The number of hydrogen-bond acceptors (Lipinski definition) is 6. The smallest absolute Gasteiger partial charge is 0.350 e. The van der Waals surface area contributed by atoms with E-state index in [0.717, 1.165) is 0 Å². The molecule has 2 aromatic heterocycles. The van der Waals surface area contributed by atoms with Gasteiger partial charge in [0.15, 0.2) is 10.9 Å². The number of Topliss-reactive ketones (excluding diaryl/α,β-unsaturated/α-hetero) is 1. The fraction of sp³-hybridized carbons (Fsp3) is 0.500. The van der Waals surface area contributed by atoms with Gasteiger partial charge in [-0.15, -0.1) is 0 Å². The van der Waals surface area contributed by atoms with Gasteiger partial charge in [-0.25, -0.2) is 14.2 Å². The number of carbonyl (C=O) groups excluding carboxylic acids is 2. The van der Waals surface area contributed by atoms with Crippen LogP contribution in [0.1, 0.15) is 45.5 Å². The van der Waals surface area contributed by atoms with Crippen molar-refractivity contribution in [3.63, 3.8) is 0 Å². The summed E-state index contributed by atoms with van der Waals surface area (Å²) in [5.41, 5.74) is 0.845. The normalized spacial score (nSPS) is 19.7. The van der Waals surface area contributed by atoms with E-state index in [9.17, 15) is 14.0 Å². The lowest BCUT2D eigenvalue weighted by molar-refractivity contribution is 0.0531. The van der Waals surface area contributed by atoms with Crippen LogP contribution < -0.4 is 4.90 Å². The maximum atomic E-state index is 14.8. The van der Waals surface area contributed by atoms with Gasteiger partial charge in [0.1, 0.15) is 21.9 Å². The van der Waals surface area contributed by atoms with Gasteiger partial charge in [-0.05, 0) is 20.3 Å². The van der Waals surface area contributed by atoms with Crippen LogP contribution in [0.25, 0.3) is 0 Å². The monoisotopic (exact) mass is 447 g/mol. The average Bonchev–Trinajstić information content (AvgIpc) is 3.25. The predicted octanol–water partition coefficient (Wildman–Crippen LogP) is 4.70. The number of hydrogen-bond donors (Lipinski definition) is 1. The summed E-state index contributed by atoms with van der Waals surface area (Å²) in [4.78, 5) is 33.4. The van der Waals surface area contributed by atoms with Crippen LogP contribution in [-0.2, 0) is 4.74 Å². The van der Waals surface area contributed by atoms with Crippen molar-refractivity contribution in [2.45, 2.75) is 32.9 Å². The molecule has 3 heterocycles. The standard InChI is InChI=1S/C18H20Cl2FN3O3S/c1-3-27-17(26)13-7-22-18(28-13)24-5-4-10(11(21)8-24)6-12(25)15-14(19)9(2)16(20)23-15/h7,10-11,23H,3-6,8H2,1-2H3. The van der Waals surface area contributed by atoms with E-state index in [4.69, 9.17) is 27.9 Å². The summed E-state index contributed by atoms with van der Waals surface area (Å²) in [6, 6.07) is 0. The number of carbonyl (C=O) groups is 2. The van der Waals surface area contributed by atoms with Gasteiger partial charge >= 0.3 is 5.97 Å². The zero-order chi connectivity index (χ0) is 20.4. The highest BCUT2D eigenvalue weighted by molar-refractivity contribution is 7.17. The molecule has 28 heavy (non-hydrogen) atoms. The summed E-state index contributed by atoms with van der Waals surface area (Å²) in [6.07, 6.45) is 0.793. The first-order valence-corrected chi connectivity index (χ1v) is 10.5. The molecule has 0 amide bonds. The van der Waals surface area contributed by atoms with E-state index in [0.29, 0.717) is 33.7 Å². The number of rotatable bonds is 6. The third-order valence-electron chi connectivity index (χ3n) is 4.76. The lowest BCUT2D eigenvalue weighted by Crippen LogP contribution is -2.42. The first-order chi connectivity index (χ1) is 13.3. The first kappa shape index (κ1) is 21.1. The Hall–Kier alpha value is -1.64. The summed E-state index contributed by atoms with van der Waals surface area (Å²) in [6.45, 7) is 4.40. The molecule has 0 bridgehead atoms. The molecule has 2 aromatic rings. The zero-order valence-electron chi connectivity index (χ0n) is 15.4. The van der Waals surface area contributed by atoms with Gasteiger partial charge < -0.3 is 14.6 Å². The Bertz CT molecular complexity index is 886. The fourth-order valence-corrected chi connectivity index (χ4v) is 4.47. The Labute approximate surface area is 176 Å². The van der Waals surface area contributed by atoms with E-state index in [1.807, 2.05) is 0 Å². The van der Waals surface area contributed by atoms with Gasteiger partial charge in [-0.3, -0.25) is 4.79 Å². The van der Waals surface area contributed by atoms with Crippen LogP contribution in [0.15, 0.2) is 6.20 Å². The molecular formula is C18H20Cl2FN3O3S. The quantitative estimate of drug-likeness (QED) is 0.512. The molecule has 152 valence electrons. The number of thiazole rings is 1. The second-order valence-electron chi connectivity index (χ2n) is 6.62. The maximum absolute atomic E-state index is 14.8. The number of halogens is 3. The highest BCUT2D eigenvalue weighted by atomic mass is 35.5. The van der Waals surface area contributed by atoms with Gasteiger partial charge in [-0.1, -0.05) is 34.5 Å². The van der Waals surface area contributed by atoms with Crippen molar-refractivity contribution in [1.29, 1.82) is 0 Å². The molecule has 1 aliphatic heterocycles. The SMILES string of the molecule is CCOC(=O)c1cnc(N2CCC(CC(=O)c3[nH]c(Cl)c(C)c3Cl)C(F)C2)s1. The molecule has 3 rings (SSSR count). The van der Waals surface area contributed by atoms with Crippen LogP contribution in [0.3, 0.4) is 0 Å². The minimum absolute atomic E-state index is 0.0525. The van der Waals surface area contributed by atoms with Crippen LogP contribution in [-0.4, -0.2) is 47.6 Å². The average molecular weight is 448 g/mol. The molecule has 1 saturated heterocycles. The van der Waals surface area contributed by atoms with Crippen molar-refractivity contribution in [3.05, 3.63) is 32.5 Å². The van der Waals surface area contributed by atoms with E-state index in [-0.39, 0.29) is 36.1 Å². The largest absolute Gasteiger partial charge is 0.462 e. The molecule has 1 fully saturated rings. The number of ketones is 1. The number of anilines is 1. The lowest BCUT2D eigenvalue weighted by atomic mass is 9.89. The Balaban J connectivity index is 1.61. The van der Waals surface area contributed by atoms with E-state index in [1.165, 1.54) is 17.5 Å². The topological polar surface area (TPSA) is 75.3 Å². The summed E-state index contributed by atoms with van der Waals surface area (Å²) >= 11 is 13.3. The summed E-state index contributed by atoms with van der Waals surface area (Å²) in [5, 5.41) is 1.18. The molecule has 6 nitrogen and oxygen atoms in total. The second-order valence-corrected chi connectivity index (χ2v) is 8.38. The summed E-state index contributed by atoms with van der Waals surface area (Å²) in [5.74, 6) is -1.09. The second kappa shape index (κ2) is 8.80. The molecule has 0 aromatic carbocycles. The van der Waals surface area contributed by atoms with E-state index in [2.05, 4.69) is 9.97 Å². The number of aromatic nitrogens is 2. The van der Waals surface area contributed by atoms with Gasteiger partial charge in [0.2, 0.25) is 0 Å². The number of alkyl halides is 1. The van der Waals surface area contributed by atoms with Crippen molar-refractivity contribution in [2.24, 2.45) is 5.92 Å². The van der Waals surface area contributed by atoms with Crippen LogP contribution in [0.2, 0.25) is 10.2 Å². The number of ether oxygens (including phenoxy) is 1. The summed E-state index contributed by atoms with van der Waals surface area (Å²) in [7, 11) is 0. The van der Waals surface area contributed by atoms with Crippen LogP contribution >= 0.6 is 34.5 Å². The summed E-state index contributed by atoms with van der Waals surface area (Å²) < 4.78 is 19.7. The first-order valence-electron chi connectivity index (χ1n) is 8.90. The molecule has 2 atom stereocenters. The third-order valence-corrected chi connectivity index (χ3v) is 6.64. The molecule has 0 aliphatic carbocycles. The Morgan fingerprint density at radius 3 is 2.82 bits per heavy atom. The lowest BCUT2D eigenvalue weighted by Gasteiger charge is -2.34. The van der Waals surface area contributed by atoms with Gasteiger partial charge in [0.25, 0.3) is 0 Å². The van der Waals surface area contributed by atoms with Crippen LogP contribution in [0, 0.1) is 12.8 Å². The van der Waals surface area contributed by atoms with Crippen molar-refractivity contribution >= 4 is 51.4 Å². The van der Waals surface area contributed by atoms with Gasteiger partial charge in [0.05, 0.1) is 24.4 Å². The molecule has 1 N–H and O–H groups in total. The van der Waals surface area contributed by atoms with Gasteiger partial charge in [-0.2, -0.15) is 0 Å². The number of aromatic amines is 1. The van der Waals surface area contributed by atoms with Crippen LogP contribution in [0.4, 0.5) is 9.52 Å². The van der Waals surface area contributed by atoms with E-state index >= 15 is 0 Å². The molecule has 10 heteroatoms. The number of esters is 1. The number of piperidine rings is 1. The highest BCUT2D eigenvalue weighted by Crippen LogP contribution is 2.33. The van der Waals surface area contributed by atoms with Gasteiger partial charge in [0, 0.05) is 24.4 Å². The Morgan fingerprint density at radius 2 is 2.21 bits per heavy atom. The molecule has 0 spiro atoms. The van der Waals surface area contributed by atoms with Crippen LogP contribution in [0.5, 0.6) is 0 Å². The molecule has 0 radical (unpaired) electrons. The molecule has 2 unspecified atom stereocenters. The minimum Gasteiger partial charge on any atom is -0.462 e. The zero-order valence-corrected chi connectivity index (χ0v) is 17.8. The number of H-pyrrole nitrogens is 1.